The Bertz CT molecular complexity index is 506. The van der Waals surface area contributed by atoms with Crippen LogP contribution in [-0.2, 0) is 5.41 Å². The molecule has 0 aliphatic carbocycles. The van der Waals surface area contributed by atoms with Crippen LogP contribution in [-0.4, -0.2) is 47.1 Å². The standard InChI is InChI=1S/C16H29N5/c1-7-20-8-9-21(10-11(20)2)14-12(3)13(17)18-15(19-14)16(4,5)6/h11H,7-10H2,1-6H3,(H2,17,18,19). The third-order valence-electron chi connectivity index (χ3n) is 4.30. The van der Waals surface area contributed by atoms with Gasteiger partial charge in [-0.05, 0) is 20.4 Å². The number of likely N-dealkylation sites (N-methyl/N-ethyl adjacent to an activating group) is 1. The molecule has 5 heteroatoms. The van der Waals surface area contributed by atoms with E-state index < -0.39 is 0 Å². The molecule has 0 spiro atoms. The summed E-state index contributed by atoms with van der Waals surface area (Å²) in [6.07, 6.45) is 0. The minimum Gasteiger partial charge on any atom is -0.383 e. The van der Waals surface area contributed by atoms with Crippen LogP contribution in [0.2, 0.25) is 0 Å². The maximum absolute atomic E-state index is 6.12. The van der Waals surface area contributed by atoms with Crippen molar-refractivity contribution in [1.29, 1.82) is 0 Å². The third-order valence-corrected chi connectivity index (χ3v) is 4.30. The van der Waals surface area contributed by atoms with E-state index >= 15 is 0 Å². The molecule has 2 heterocycles. The van der Waals surface area contributed by atoms with Crippen LogP contribution < -0.4 is 10.6 Å². The number of nitrogen functional groups attached to an aromatic ring is 1. The lowest BCUT2D eigenvalue weighted by Gasteiger charge is -2.40. The fourth-order valence-electron chi connectivity index (χ4n) is 2.82. The van der Waals surface area contributed by atoms with E-state index in [-0.39, 0.29) is 5.41 Å². The van der Waals surface area contributed by atoms with E-state index in [4.69, 9.17) is 10.7 Å². The largest absolute Gasteiger partial charge is 0.383 e. The monoisotopic (exact) mass is 291 g/mol. The van der Waals surface area contributed by atoms with Crippen molar-refractivity contribution in [2.45, 2.75) is 53.0 Å². The molecule has 0 radical (unpaired) electrons. The molecule has 1 saturated heterocycles. The van der Waals surface area contributed by atoms with Crippen LogP contribution in [0.1, 0.15) is 46.0 Å². The molecule has 0 aromatic carbocycles. The highest BCUT2D eigenvalue weighted by molar-refractivity contribution is 5.57. The van der Waals surface area contributed by atoms with Crippen molar-refractivity contribution >= 4 is 11.6 Å². The number of hydrogen-bond acceptors (Lipinski definition) is 5. The number of anilines is 2. The number of hydrogen-bond donors (Lipinski definition) is 1. The molecule has 21 heavy (non-hydrogen) atoms. The van der Waals surface area contributed by atoms with Gasteiger partial charge in [-0.1, -0.05) is 27.7 Å². The summed E-state index contributed by atoms with van der Waals surface area (Å²) in [5.41, 5.74) is 7.04. The highest BCUT2D eigenvalue weighted by Crippen LogP contribution is 2.28. The normalized spacial score (nSPS) is 20.9. The van der Waals surface area contributed by atoms with Crippen LogP contribution >= 0.6 is 0 Å². The van der Waals surface area contributed by atoms with E-state index in [1.54, 1.807) is 0 Å². The predicted molar refractivity (Wildman–Crippen MR) is 88.8 cm³/mol. The summed E-state index contributed by atoms with van der Waals surface area (Å²) in [4.78, 5) is 14.2. The molecule has 1 aromatic heterocycles. The maximum atomic E-state index is 6.12. The Morgan fingerprint density at radius 2 is 1.90 bits per heavy atom. The van der Waals surface area contributed by atoms with Gasteiger partial charge in [-0.2, -0.15) is 0 Å². The summed E-state index contributed by atoms with van der Waals surface area (Å²) in [5, 5.41) is 0. The molecule has 1 unspecified atom stereocenters. The molecular formula is C16H29N5. The van der Waals surface area contributed by atoms with Crippen LogP contribution in [0.4, 0.5) is 11.6 Å². The fraction of sp³-hybridized carbons (Fsp3) is 0.750. The molecule has 1 aliphatic heterocycles. The molecule has 2 rings (SSSR count). The van der Waals surface area contributed by atoms with E-state index in [1.165, 1.54) is 0 Å². The molecule has 1 atom stereocenters. The first-order chi connectivity index (χ1) is 9.74. The van der Waals surface area contributed by atoms with E-state index in [9.17, 15) is 0 Å². The Balaban J connectivity index is 2.33. The van der Waals surface area contributed by atoms with Gasteiger partial charge in [-0.25, -0.2) is 9.97 Å². The Kier molecular flexibility index (Phi) is 4.42. The van der Waals surface area contributed by atoms with Gasteiger partial charge in [0.25, 0.3) is 0 Å². The topological polar surface area (TPSA) is 58.3 Å². The van der Waals surface area contributed by atoms with Gasteiger partial charge in [0.2, 0.25) is 0 Å². The molecule has 0 saturated carbocycles. The Morgan fingerprint density at radius 1 is 1.24 bits per heavy atom. The highest BCUT2D eigenvalue weighted by Gasteiger charge is 2.27. The minimum atomic E-state index is -0.0899. The second-order valence-electron chi connectivity index (χ2n) is 7.05. The zero-order valence-electron chi connectivity index (χ0n) is 14.3. The second kappa shape index (κ2) is 5.79. The molecule has 118 valence electrons. The highest BCUT2D eigenvalue weighted by atomic mass is 15.3. The summed E-state index contributed by atoms with van der Waals surface area (Å²) in [5.74, 6) is 2.44. The van der Waals surface area contributed by atoms with Gasteiger partial charge in [0.1, 0.15) is 17.5 Å². The molecule has 1 aromatic rings. The average Bonchev–Trinajstić information content (AvgIpc) is 2.40. The van der Waals surface area contributed by atoms with Crippen LogP contribution in [0.15, 0.2) is 0 Å². The Hall–Kier alpha value is -1.36. The first kappa shape index (κ1) is 16.0. The minimum absolute atomic E-state index is 0.0899. The van der Waals surface area contributed by atoms with E-state index in [0.717, 1.165) is 43.4 Å². The van der Waals surface area contributed by atoms with Crippen LogP contribution in [0.25, 0.3) is 0 Å². The smallest absolute Gasteiger partial charge is 0.138 e. The van der Waals surface area contributed by atoms with Crippen LogP contribution in [0.5, 0.6) is 0 Å². The van der Waals surface area contributed by atoms with Crippen molar-refractivity contribution in [3.63, 3.8) is 0 Å². The van der Waals surface area contributed by atoms with Crippen LogP contribution in [0.3, 0.4) is 0 Å². The summed E-state index contributed by atoms with van der Waals surface area (Å²) in [6.45, 7) is 17.1. The van der Waals surface area contributed by atoms with Gasteiger partial charge in [0, 0.05) is 36.7 Å². The summed E-state index contributed by atoms with van der Waals surface area (Å²) >= 11 is 0. The average molecular weight is 291 g/mol. The lowest BCUT2D eigenvalue weighted by molar-refractivity contribution is 0.199. The predicted octanol–water partition coefficient (Wildman–Crippen LogP) is 2.20. The molecule has 5 nitrogen and oxygen atoms in total. The van der Waals surface area contributed by atoms with Gasteiger partial charge in [-0.15, -0.1) is 0 Å². The molecular weight excluding hydrogens is 262 g/mol. The Labute approximate surface area is 128 Å². The zero-order chi connectivity index (χ0) is 15.8. The SMILES string of the molecule is CCN1CCN(c2nc(C(C)(C)C)nc(N)c2C)CC1C. The molecule has 0 bridgehead atoms. The molecule has 1 fully saturated rings. The summed E-state index contributed by atoms with van der Waals surface area (Å²) in [7, 11) is 0. The van der Waals surface area contributed by atoms with Crippen molar-refractivity contribution in [3.8, 4) is 0 Å². The van der Waals surface area contributed by atoms with Crippen molar-refractivity contribution in [3.05, 3.63) is 11.4 Å². The van der Waals surface area contributed by atoms with E-state index in [1.807, 2.05) is 6.92 Å². The Morgan fingerprint density at radius 3 is 2.43 bits per heavy atom. The first-order valence-corrected chi connectivity index (χ1v) is 7.87. The van der Waals surface area contributed by atoms with Crippen molar-refractivity contribution in [2.75, 3.05) is 36.8 Å². The molecule has 2 N–H and O–H groups in total. The van der Waals surface area contributed by atoms with Crippen LogP contribution in [0, 0.1) is 6.92 Å². The number of aromatic nitrogens is 2. The lowest BCUT2D eigenvalue weighted by atomic mass is 9.95. The quantitative estimate of drug-likeness (QED) is 0.905. The van der Waals surface area contributed by atoms with E-state index in [2.05, 4.69) is 49.4 Å². The zero-order valence-corrected chi connectivity index (χ0v) is 14.3. The maximum Gasteiger partial charge on any atom is 0.138 e. The van der Waals surface area contributed by atoms with Gasteiger partial charge in [0.05, 0.1) is 0 Å². The summed E-state index contributed by atoms with van der Waals surface area (Å²) < 4.78 is 0. The van der Waals surface area contributed by atoms with E-state index in [0.29, 0.717) is 11.9 Å². The number of rotatable bonds is 2. The number of nitrogens with two attached hydrogens (primary N) is 1. The third kappa shape index (κ3) is 3.28. The van der Waals surface area contributed by atoms with Gasteiger partial charge in [-0.3, -0.25) is 4.90 Å². The molecule has 1 aliphatic rings. The molecule has 0 amide bonds. The van der Waals surface area contributed by atoms with Crippen molar-refractivity contribution in [2.24, 2.45) is 0 Å². The van der Waals surface area contributed by atoms with Crippen molar-refractivity contribution in [1.82, 2.24) is 14.9 Å². The van der Waals surface area contributed by atoms with Gasteiger partial charge >= 0.3 is 0 Å². The number of nitrogens with zero attached hydrogens (tertiary/aromatic N) is 4. The number of piperazine rings is 1. The second-order valence-corrected chi connectivity index (χ2v) is 7.05. The lowest BCUT2D eigenvalue weighted by Crippen LogP contribution is -2.52. The fourth-order valence-corrected chi connectivity index (χ4v) is 2.82. The van der Waals surface area contributed by atoms with Crippen molar-refractivity contribution < 1.29 is 0 Å². The van der Waals surface area contributed by atoms with Gasteiger partial charge < -0.3 is 10.6 Å². The first-order valence-electron chi connectivity index (χ1n) is 7.87. The summed E-state index contributed by atoms with van der Waals surface area (Å²) in [6, 6.07) is 0.539. The van der Waals surface area contributed by atoms with Gasteiger partial charge in [0.15, 0.2) is 0 Å².